The Bertz CT molecular complexity index is 1190. The molecule has 0 saturated heterocycles. The molecule has 3 aromatic carbocycles. The predicted molar refractivity (Wildman–Crippen MR) is 116 cm³/mol. The van der Waals surface area contributed by atoms with E-state index >= 15 is 0 Å². The standard InChI is InChI=1S/C21H18ClFN2O5S/c1-29-20-10-7-16(24-21(26)13-30-17-4-2-3-14(22)11-17)12-19(20)25-31(27,28)18-8-5-15(23)6-9-18/h2-12,25H,13H2,1H3,(H,24,26). The van der Waals surface area contributed by atoms with E-state index in [9.17, 15) is 17.6 Å². The largest absolute Gasteiger partial charge is 0.495 e. The molecule has 0 aliphatic carbocycles. The lowest BCUT2D eigenvalue weighted by Crippen LogP contribution is -2.20. The van der Waals surface area contributed by atoms with Crippen LogP contribution >= 0.6 is 11.6 Å². The van der Waals surface area contributed by atoms with Crippen LogP contribution in [0, 0.1) is 5.82 Å². The van der Waals surface area contributed by atoms with Gasteiger partial charge in [-0.2, -0.15) is 0 Å². The van der Waals surface area contributed by atoms with Crippen molar-refractivity contribution in [3.05, 3.63) is 77.6 Å². The fraction of sp³-hybridized carbons (Fsp3) is 0.0952. The van der Waals surface area contributed by atoms with Crippen LogP contribution in [0.3, 0.4) is 0 Å². The molecule has 31 heavy (non-hydrogen) atoms. The zero-order valence-corrected chi connectivity index (χ0v) is 17.8. The molecule has 0 bridgehead atoms. The van der Waals surface area contributed by atoms with Crippen molar-refractivity contribution in [2.45, 2.75) is 4.90 Å². The van der Waals surface area contributed by atoms with Crippen molar-refractivity contribution >= 4 is 38.9 Å². The van der Waals surface area contributed by atoms with Crippen LogP contribution in [0.5, 0.6) is 11.5 Å². The lowest BCUT2D eigenvalue weighted by Gasteiger charge is -2.14. The normalized spacial score (nSPS) is 10.9. The predicted octanol–water partition coefficient (Wildman–Crippen LogP) is 4.31. The van der Waals surface area contributed by atoms with Gasteiger partial charge in [-0.15, -0.1) is 0 Å². The highest BCUT2D eigenvalue weighted by molar-refractivity contribution is 7.92. The highest BCUT2D eigenvalue weighted by Crippen LogP contribution is 2.30. The molecule has 0 fully saturated rings. The third-order valence-corrected chi connectivity index (χ3v) is 5.63. The highest BCUT2D eigenvalue weighted by atomic mass is 35.5. The number of hydrogen-bond donors (Lipinski definition) is 2. The summed E-state index contributed by atoms with van der Waals surface area (Å²) in [4.78, 5) is 12.1. The molecular weight excluding hydrogens is 447 g/mol. The average molecular weight is 465 g/mol. The van der Waals surface area contributed by atoms with Gasteiger partial charge in [-0.25, -0.2) is 12.8 Å². The minimum absolute atomic E-state index is 0.0976. The fourth-order valence-electron chi connectivity index (χ4n) is 2.59. The molecular formula is C21H18ClFN2O5S. The van der Waals surface area contributed by atoms with E-state index < -0.39 is 21.7 Å². The van der Waals surface area contributed by atoms with Gasteiger partial charge in [-0.3, -0.25) is 9.52 Å². The van der Waals surface area contributed by atoms with Crippen LogP contribution in [0.2, 0.25) is 5.02 Å². The van der Waals surface area contributed by atoms with E-state index in [4.69, 9.17) is 21.1 Å². The fourth-order valence-corrected chi connectivity index (χ4v) is 3.83. The lowest BCUT2D eigenvalue weighted by atomic mass is 10.2. The van der Waals surface area contributed by atoms with E-state index in [-0.39, 0.29) is 22.9 Å². The maximum absolute atomic E-state index is 13.1. The highest BCUT2D eigenvalue weighted by Gasteiger charge is 2.17. The van der Waals surface area contributed by atoms with Crippen LogP contribution in [-0.2, 0) is 14.8 Å². The van der Waals surface area contributed by atoms with E-state index in [0.717, 1.165) is 24.3 Å². The van der Waals surface area contributed by atoms with Crippen molar-refractivity contribution in [3.8, 4) is 11.5 Å². The Labute approximate surface area is 183 Å². The van der Waals surface area contributed by atoms with Gasteiger partial charge in [0, 0.05) is 10.7 Å². The maximum Gasteiger partial charge on any atom is 0.262 e. The SMILES string of the molecule is COc1ccc(NC(=O)COc2cccc(Cl)c2)cc1NS(=O)(=O)c1ccc(F)cc1. The Morgan fingerprint density at radius 1 is 1.06 bits per heavy atom. The Kier molecular flexibility index (Phi) is 6.98. The number of benzene rings is 3. The first-order chi connectivity index (χ1) is 14.8. The molecule has 0 unspecified atom stereocenters. The van der Waals surface area contributed by atoms with Gasteiger partial charge in [-0.1, -0.05) is 17.7 Å². The molecule has 162 valence electrons. The molecule has 3 aromatic rings. The van der Waals surface area contributed by atoms with Crippen molar-refractivity contribution in [3.63, 3.8) is 0 Å². The van der Waals surface area contributed by atoms with Crippen LogP contribution in [0.4, 0.5) is 15.8 Å². The van der Waals surface area contributed by atoms with Gasteiger partial charge in [0.15, 0.2) is 6.61 Å². The summed E-state index contributed by atoms with van der Waals surface area (Å²) in [5.74, 6) is -0.345. The summed E-state index contributed by atoms with van der Waals surface area (Å²) >= 11 is 5.87. The molecule has 0 spiro atoms. The van der Waals surface area contributed by atoms with Gasteiger partial charge >= 0.3 is 0 Å². The number of rotatable bonds is 8. The average Bonchev–Trinajstić information content (AvgIpc) is 2.73. The number of amides is 1. The van der Waals surface area contributed by atoms with Crippen LogP contribution in [-0.4, -0.2) is 28.0 Å². The number of halogens is 2. The lowest BCUT2D eigenvalue weighted by molar-refractivity contribution is -0.118. The molecule has 3 rings (SSSR count). The van der Waals surface area contributed by atoms with Crippen molar-refractivity contribution in [2.24, 2.45) is 0 Å². The van der Waals surface area contributed by atoms with Gasteiger partial charge < -0.3 is 14.8 Å². The number of carbonyl (C=O) groups is 1. The summed E-state index contributed by atoms with van der Waals surface area (Å²) in [5, 5.41) is 3.09. The second-order valence-corrected chi connectivity index (χ2v) is 8.39. The van der Waals surface area contributed by atoms with Crippen LogP contribution in [0.1, 0.15) is 0 Å². The molecule has 0 atom stereocenters. The number of ether oxygens (including phenoxy) is 2. The molecule has 0 aromatic heterocycles. The molecule has 0 radical (unpaired) electrons. The minimum atomic E-state index is -4.00. The Morgan fingerprint density at radius 3 is 2.48 bits per heavy atom. The summed E-state index contributed by atoms with van der Waals surface area (Å²) in [7, 11) is -2.63. The number of carbonyl (C=O) groups excluding carboxylic acids is 1. The van der Waals surface area contributed by atoms with E-state index in [1.165, 1.54) is 19.2 Å². The zero-order chi connectivity index (χ0) is 22.4. The number of nitrogens with one attached hydrogen (secondary N) is 2. The molecule has 0 aliphatic rings. The van der Waals surface area contributed by atoms with E-state index in [0.29, 0.717) is 16.5 Å². The molecule has 0 saturated carbocycles. The molecule has 0 aliphatic heterocycles. The summed E-state index contributed by atoms with van der Waals surface area (Å²) < 4.78 is 51.2. The number of sulfonamides is 1. The van der Waals surface area contributed by atoms with E-state index in [1.54, 1.807) is 30.3 Å². The number of methoxy groups -OCH3 is 1. The Morgan fingerprint density at radius 2 is 1.81 bits per heavy atom. The second-order valence-electron chi connectivity index (χ2n) is 6.27. The summed E-state index contributed by atoms with van der Waals surface area (Å²) in [6, 6.07) is 15.4. The molecule has 10 heteroatoms. The van der Waals surface area contributed by atoms with Crippen molar-refractivity contribution in [1.82, 2.24) is 0 Å². The first-order valence-corrected chi connectivity index (χ1v) is 10.8. The molecule has 0 heterocycles. The van der Waals surface area contributed by atoms with Crippen LogP contribution in [0.25, 0.3) is 0 Å². The molecule has 2 N–H and O–H groups in total. The smallest absolute Gasteiger partial charge is 0.262 e. The summed E-state index contributed by atoms with van der Waals surface area (Å²) in [6.07, 6.45) is 0. The summed E-state index contributed by atoms with van der Waals surface area (Å²) in [6.45, 7) is -0.275. The van der Waals surface area contributed by atoms with Crippen LogP contribution in [0.15, 0.2) is 71.6 Å². The first kappa shape index (κ1) is 22.4. The third-order valence-electron chi connectivity index (χ3n) is 4.02. The number of anilines is 2. The summed E-state index contributed by atoms with van der Waals surface area (Å²) in [5.41, 5.74) is 0.415. The molecule has 7 nitrogen and oxygen atoms in total. The Balaban J connectivity index is 1.72. The van der Waals surface area contributed by atoms with Gasteiger partial charge in [0.05, 0.1) is 17.7 Å². The maximum atomic E-state index is 13.1. The Hall–Kier alpha value is -3.30. The van der Waals surface area contributed by atoms with Gasteiger partial charge in [0.25, 0.3) is 15.9 Å². The second kappa shape index (κ2) is 9.67. The van der Waals surface area contributed by atoms with Crippen molar-refractivity contribution in [1.29, 1.82) is 0 Å². The van der Waals surface area contributed by atoms with Crippen molar-refractivity contribution < 1.29 is 27.1 Å². The van der Waals surface area contributed by atoms with Crippen LogP contribution < -0.4 is 19.5 Å². The quantitative estimate of drug-likeness (QED) is 0.518. The van der Waals surface area contributed by atoms with E-state index in [1.807, 2.05) is 0 Å². The first-order valence-electron chi connectivity index (χ1n) is 8.91. The number of hydrogen-bond acceptors (Lipinski definition) is 5. The van der Waals surface area contributed by atoms with E-state index in [2.05, 4.69) is 10.0 Å². The zero-order valence-electron chi connectivity index (χ0n) is 16.3. The topological polar surface area (TPSA) is 93.7 Å². The third kappa shape index (κ3) is 6.09. The molecule has 1 amide bonds. The van der Waals surface area contributed by atoms with Gasteiger partial charge in [0.1, 0.15) is 17.3 Å². The minimum Gasteiger partial charge on any atom is -0.495 e. The van der Waals surface area contributed by atoms with Gasteiger partial charge in [0.2, 0.25) is 0 Å². The van der Waals surface area contributed by atoms with Gasteiger partial charge in [-0.05, 0) is 60.7 Å². The monoisotopic (exact) mass is 464 g/mol. The van der Waals surface area contributed by atoms with Crippen molar-refractivity contribution in [2.75, 3.05) is 23.8 Å².